The van der Waals surface area contributed by atoms with Crippen LogP contribution in [-0.4, -0.2) is 24.6 Å². The summed E-state index contributed by atoms with van der Waals surface area (Å²) in [6.45, 7) is 0. The fraction of sp³-hybridized carbons (Fsp3) is 0.0625. The fourth-order valence-electron chi connectivity index (χ4n) is 2.15. The molecule has 0 unspecified atom stereocenters. The van der Waals surface area contributed by atoms with Crippen LogP contribution in [-0.2, 0) is 9.63 Å². The number of hydrogen-bond acceptors (Lipinski definition) is 4. The molecule has 0 atom stereocenters. The van der Waals surface area contributed by atoms with Crippen molar-refractivity contribution in [2.24, 2.45) is 5.16 Å². The monoisotopic (exact) mass is 280 g/mol. The van der Waals surface area contributed by atoms with Crippen LogP contribution in [0.2, 0.25) is 0 Å². The molecule has 1 aliphatic rings. The van der Waals surface area contributed by atoms with E-state index in [-0.39, 0.29) is 11.6 Å². The number of fused-ring (bicyclic) bond motifs is 1. The molecule has 1 amide bonds. The van der Waals surface area contributed by atoms with Gasteiger partial charge in [0, 0.05) is 12.6 Å². The number of likely N-dealkylation sites (N-methyl/N-ethyl adjacent to an activating group) is 1. The van der Waals surface area contributed by atoms with Crippen molar-refractivity contribution >= 4 is 23.3 Å². The summed E-state index contributed by atoms with van der Waals surface area (Å²) in [5.74, 6) is -0.889. The quantitative estimate of drug-likeness (QED) is 0.626. The first-order chi connectivity index (χ1) is 10.2. The predicted molar refractivity (Wildman–Crippen MR) is 78.2 cm³/mol. The summed E-state index contributed by atoms with van der Waals surface area (Å²) < 4.78 is 0. The average Bonchev–Trinajstić information content (AvgIpc) is 2.78. The molecule has 0 radical (unpaired) electrons. The number of benzene rings is 2. The van der Waals surface area contributed by atoms with E-state index in [9.17, 15) is 9.59 Å². The third-order valence-corrected chi connectivity index (χ3v) is 3.26. The number of rotatable bonds is 2. The van der Waals surface area contributed by atoms with E-state index in [0.717, 1.165) is 5.69 Å². The average molecular weight is 280 g/mol. The summed E-state index contributed by atoms with van der Waals surface area (Å²) in [5, 5.41) is 3.75. The van der Waals surface area contributed by atoms with Gasteiger partial charge in [0.2, 0.25) is 0 Å². The van der Waals surface area contributed by atoms with Gasteiger partial charge in [-0.2, -0.15) is 0 Å². The number of carbonyl (C=O) groups excluding carboxylic acids is 2. The Bertz CT molecular complexity index is 738. The maximum absolute atomic E-state index is 12.1. The van der Waals surface area contributed by atoms with Gasteiger partial charge >= 0.3 is 5.97 Å². The maximum atomic E-state index is 12.1. The maximum Gasteiger partial charge on any atom is 0.365 e. The van der Waals surface area contributed by atoms with E-state index in [1.165, 1.54) is 4.90 Å². The molecule has 1 heterocycles. The third kappa shape index (κ3) is 2.29. The number of carbonyl (C=O) groups is 2. The van der Waals surface area contributed by atoms with E-state index in [0.29, 0.717) is 11.1 Å². The van der Waals surface area contributed by atoms with Crippen LogP contribution in [0.15, 0.2) is 59.8 Å². The Balaban J connectivity index is 1.87. The van der Waals surface area contributed by atoms with Gasteiger partial charge in [0.25, 0.3) is 5.91 Å². The summed E-state index contributed by atoms with van der Waals surface area (Å²) in [6, 6.07) is 15.7. The van der Waals surface area contributed by atoms with Crippen LogP contribution in [0, 0.1) is 0 Å². The van der Waals surface area contributed by atoms with Crippen molar-refractivity contribution in [1.29, 1.82) is 0 Å². The summed E-state index contributed by atoms with van der Waals surface area (Å²) in [4.78, 5) is 30.3. The van der Waals surface area contributed by atoms with Gasteiger partial charge in [0.1, 0.15) is 0 Å². The second-order valence-corrected chi connectivity index (χ2v) is 4.57. The zero-order valence-corrected chi connectivity index (χ0v) is 11.3. The topological polar surface area (TPSA) is 59.0 Å². The minimum atomic E-state index is -0.595. The lowest BCUT2D eigenvalue weighted by atomic mass is 10.1. The normalized spacial score (nSPS) is 15.2. The minimum Gasteiger partial charge on any atom is -0.312 e. The molecule has 3 rings (SSSR count). The number of oxime groups is 1. The van der Waals surface area contributed by atoms with Crippen molar-refractivity contribution < 1.29 is 14.4 Å². The van der Waals surface area contributed by atoms with Gasteiger partial charge in [0.05, 0.1) is 11.3 Å². The third-order valence-electron chi connectivity index (χ3n) is 3.26. The number of amides is 1. The Hall–Kier alpha value is -2.95. The van der Waals surface area contributed by atoms with Crippen LogP contribution < -0.4 is 4.90 Å². The Morgan fingerprint density at radius 3 is 2.48 bits per heavy atom. The molecular weight excluding hydrogens is 268 g/mol. The van der Waals surface area contributed by atoms with E-state index < -0.39 is 5.97 Å². The fourth-order valence-corrected chi connectivity index (χ4v) is 2.15. The molecule has 5 nitrogen and oxygen atoms in total. The van der Waals surface area contributed by atoms with Crippen molar-refractivity contribution in [2.45, 2.75) is 0 Å². The van der Waals surface area contributed by atoms with Gasteiger partial charge in [-0.1, -0.05) is 41.6 Å². The molecule has 21 heavy (non-hydrogen) atoms. The highest BCUT2D eigenvalue weighted by atomic mass is 16.7. The lowest BCUT2D eigenvalue weighted by Crippen LogP contribution is -2.25. The van der Waals surface area contributed by atoms with Crippen LogP contribution in [0.3, 0.4) is 0 Å². The molecular formula is C16H12N2O3. The van der Waals surface area contributed by atoms with Crippen molar-refractivity contribution in [3.05, 3.63) is 65.7 Å². The standard InChI is InChI=1S/C16H12N2O3/c1-18-13-10-6-5-9-12(13)14(15(18)19)17-21-16(20)11-7-3-2-4-8-11/h2-10H,1H3/b17-14+. The molecule has 1 aliphatic heterocycles. The van der Waals surface area contributed by atoms with E-state index in [4.69, 9.17) is 4.84 Å². The number of anilines is 1. The highest BCUT2D eigenvalue weighted by Gasteiger charge is 2.32. The molecule has 0 saturated heterocycles. The van der Waals surface area contributed by atoms with Crippen LogP contribution in [0.25, 0.3) is 0 Å². The van der Waals surface area contributed by atoms with E-state index in [2.05, 4.69) is 5.16 Å². The molecule has 2 aromatic rings. The molecule has 5 heteroatoms. The predicted octanol–water partition coefficient (Wildman–Crippen LogP) is 2.22. The minimum absolute atomic E-state index is 0.136. The van der Waals surface area contributed by atoms with E-state index >= 15 is 0 Å². The van der Waals surface area contributed by atoms with Crippen molar-refractivity contribution in [3.63, 3.8) is 0 Å². The summed E-state index contributed by atoms with van der Waals surface area (Å²) in [5.41, 5.74) is 1.93. The smallest absolute Gasteiger partial charge is 0.312 e. The first kappa shape index (κ1) is 13.1. The summed E-state index contributed by atoms with van der Waals surface area (Å²) in [6.07, 6.45) is 0. The lowest BCUT2D eigenvalue weighted by molar-refractivity contribution is -0.112. The van der Waals surface area contributed by atoms with Crippen LogP contribution in [0.5, 0.6) is 0 Å². The zero-order chi connectivity index (χ0) is 14.8. The number of hydrogen-bond donors (Lipinski definition) is 0. The molecule has 0 aliphatic carbocycles. The lowest BCUT2D eigenvalue weighted by Gasteiger charge is -2.07. The molecule has 0 bridgehead atoms. The summed E-state index contributed by atoms with van der Waals surface area (Å²) >= 11 is 0. The number of nitrogens with zero attached hydrogens (tertiary/aromatic N) is 2. The molecule has 0 N–H and O–H groups in total. The van der Waals surface area contributed by atoms with Gasteiger partial charge in [-0.15, -0.1) is 0 Å². The SMILES string of the molecule is CN1C(=O)/C(=N/OC(=O)c2ccccc2)c2ccccc21. The summed E-state index contributed by atoms with van der Waals surface area (Å²) in [7, 11) is 1.66. The van der Waals surface area contributed by atoms with Gasteiger partial charge < -0.3 is 9.74 Å². The molecule has 0 fully saturated rings. The first-order valence-corrected chi connectivity index (χ1v) is 6.40. The Morgan fingerprint density at radius 2 is 1.71 bits per heavy atom. The van der Waals surface area contributed by atoms with Crippen LogP contribution in [0.4, 0.5) is 5.69 Å². The zero-order valence-electron chi connectivity index (χ0n) is 11.3. The Kier molecular flexibility index (Phi) is 3.23. The van der Waals surface area contributed by atoms with Gasteiger partial charge in [-0.3, -0.25) is 4.79 Å². The van der Waals surface area contributed by atoms with E-state index in [1.54, 1.807) is 49.5 Å². The second-order valence-electron chi connectivity index (χ2n) is 4.57. The van der Waals surface area contributed by atoms with Gasteiger partial charge in [-0.25, -0.2) is 4.79 Å². The molecule has 0 aromatic heterocycles. The second kappa shape index (κ2) is 5.20. The first-order valence-electron chi connectivity index (χ1n) is 6.40. The van der Waals surface area contributed by atoms with Crippen molar-refractivity contribution in [3.8, 4) is 0 Å². The Morgan fingerprint density at radius 1 is 1.05 bits per heavy atom. The van der Waals surface area contributed by atoms with E-state index in [1.807, 2.05) is 12.1 Å². The number of para-hydroxylation sites is 1. The van der Waals surface area contributed by atoms with Crippen molar-refractivity contribution in [1.82, 2.24) is 0 Å². The molecule has 2 aromatic carbocycles. The van der Waals surface area contributed by atoms with Crippen LogP contribution in [0.1, 0.15) is 15.9 Å². The van der Waals surface area contributed by atoms with Gasteiger partial charge in [-0.05, 0) is 18.2 Å². The molecule has 104 valence electrons. The molecule has 0 spiro atoms. The largest absolute Gasteiger partial charge is 0.365 e. The molecule has 0 saturated carbocycles. The highest BCUT2D eigenvalue weighted by molar-refractivity contribution is 6.54. The Labute approximate surface area is 121 Å². The van der Waals surface area contributed by atoms with Crippen molar-refractivity contribution in [2.75, 3.05) is 11.9 Å². The van der Waals surface area contributed by atoms with Gasteiger partial charge in [0.15, 0.2) is 5.71 Å². The van der Waals surface area contributed by atoms with Crippen LogP contribution >= 0.6 is 0 Å². The highest BCUT2D eigenvalue weighted by Crippen LogP contribution is 2.27.